The molecule has 4 heteroatoms. The number of phenols is 1. The molecule has 1 amide bonds. The van der Waals surface area contributed by atoms with Crippen LogP contribution in [-0.2, 0) is 0 Å². The highest BCUT2D eigenvalue weighted by molar-refractivity contribution is 6.18. The van der Waals surface area contributed by atoms with Gasteiger partial charge in [0.25, 0.3) is 5.91 Å². The number of alkyl halides is 1. The molecule has 0 aliphatic carbocycles. The van der Waals surface area contributed by atoms with Crippen LogP contribution in [-0.4, -0.2) is 34.9 Å². The van der Waals surface area contributed by atoms with E-state index in [2.05, 4.69) is 0 Å². The van der Waals surface area contributed by atoms with Gasteiger partial charge in [-0.3, -0.25) is 4.79 Å². The summed E-state index contributed by atoms with van der Waals surface area (Å²) in [6, 6.07) is 5.03. The minimum atomic E-state index is -0.180. The molecule has 16 heavy (non-hydrogen) atoms. The largest absolute Gasteiger partial charge is 0.507 e. The van der Waals surface area contributed by atoms with Gasteiger partial charge in [0.2, 0.25) is 0 Å². The molecule has 88 valence electrons. The summed E-state index contributed by atoms with van der Waals surface area (Å²) in [5, 5.41) is 9.69. The average Bonchev–Trinajstić information content (AvgIpc) is 2.25. The van der Waals surface area contributed by atoms with Gasteiger partial charge in [0, 0.05) is 19.0 Å². The molecule has 1 rings (SSSR count). The Bertz CT molecular complexity index is 379. The van der Waals surface area contributed by atoms with Crippen molar-refractivity contribution in [3.63, 3.8) is 0 Å². The molecular formula is C12H16ClNO2. The van der Waals surface area contributed by atoms with Gasteiger partial charge in [-0.1, -0.05) is 6.07 Å². The SMILES string of the molecule is CCN(CCCl)C(=O)c1ccc(C)cc1O. The number of rotatable bonds is 4. The number of phenolic OH excluding ortho intramolecular Hbond substituents is 1. The first-order chi connectivity index (χ1) is 7.60. The average molecular weight is 242 g/mol. The number of amides is 1. The molecule has 3 nitrogen and oxygen atoms in total. The number of halogens is 1. The number of carbonyl (C=O) groups is 1. The third-order valence-electron chi connectivity index (χ3n) is 2.41. The van der Waals surface area contributed by atoms with Crippen molar-refractivity contribution >= 4 is 17.5 Å². The van der Waals surface area contributed by atoms with Crippen LogP contribution in [0.5, 0.6) is 5.75 Å². The Morgan fingerprint density at radius 1 is 1.50 bits per heavy atom. The predicted octanol–water partition coefficient (Wildman–Crippen LogP) is 2.40. The second-order valence-electron chi connectivity index (χ2n) is 3.59. The molecule has 0 saturated carbocycles. The molecule has 1 aromatic carbocycles. The van der Waals surface area contributed by atoms with E-state index in [1.807, 2.05) is 19.9 Å². The number of aromatic hydroxyl groups is 1. The fourth-order valence-electron chi connectivity index (χ4n) is 1.50. The standard InChI is InChI=1S/C12H16ClNO2/c1-3-14(7-6-13)12(16)10-5-4-9(2)8-11(10)15/h4-5,8,15H,3,6-7H2,1-2H3. The number of carbonyl (C=O) groups excluding carboxylic acids is 1. The summed E-state index contributed by atoms with van der Waals surface area (Å²) >= 11 is 5.62. The van der Waals surface area contributed by atoms with Crippen LogP contribution < -0.4 is 0 Å². The van der Waals surface area contributed by atoms with Gasteiger partial charge in [-0.25, -0.2) is 0 Å². The summed E-state index contributed by atoms with van der Waals surface area (Å²) in [5.41, 5.74) is 1.26. The van der Waals surface area contributed by atoms with E-state index in [0.29, 0.717) is 24.5 Å². The molecule has 0 aromatic heterocycles. The zero-order valence-electron chi connectivity index (χ0n) is 9.53. The van der Waals surface area contributed by atoms with Gasteiger partial charge in [0.1, 0.15) is 5.75 Å². The lowest BCUT2D eigenvalue weighted by molar-refractivity contribution is 0.0771. The van der Waals surface area contributed by atoms with Crippen LogP contribution in [0.1, 0.15) is 22.8 Å². The van der Waals surface area contributed by atoms with E-state index in [9.17, 15) is 9.90 Å². The molecule has 0 atom stereocenters. The first-order valence-electron chi connectivity index (χ1n) is 5.25. The van der Waals surface area contributed by atoms with Gasteiger partial charge in [0.15, 0.2) is 0 Å². The predicted molar refractivity (Wildman–Crippen MR) is 65.1 cm³/mol. The number of hydrogen-bond acceptors (Lipinski definition) is 2. The van der Waals surface area contributed by atoms with E-state index < -0.39 is 0 Å². The van der Waals surface area contributed by atoms with E-state index in [-0.39, 0.29) is 11.7 Å². The van der Waals surface area contributed by atoms with Gasteiger partial charge in [-0.2, -0.15) is 0 Å². The quantitative estimate of drug-likeness (QED) is 0.823. The van der Waals surface area contributed by atoms with E-state index >= 15 is 0 Å². The summed E-state index contributed by atoms with van der Waals surface area (Å²) < 4.78 is 0. The molecule has 0 bridgehead atoms. The Labute approximate surface area is 101 Å². The number of aryl methyl sites for hydroxylation is 1. The Kier molecular flexibility index (Phi) is 4.62. The molecule has 1 aromatic rings. The Morgan fingerprint density at radius 2 is 2.19 bits per heavy atom. The molecule has 0 spiro atoms. The maximum absolute atomic E-state index is 12.0. The highest BCUT2D eigenvalue weighted by atomic mass is 35.5. The third kappa shape index (κ3) is 2.89. The van der Waals surface area contributed by atoms with Crippen molar-refractivity contribution in [1.82, 2.24) is 4.90 Å². The minimum Gasteiger partial charge on any atom is -0.507 e. The lowest BCUT2D eigenvalue weighted by atomic mass is 10.1. The second-order valence-corrected chi connectivity index (χ2v) is 3.97. The van der Waals surface area contributed by atoms with Gasteiger partial charge < -0.3 is 10.0 Å². The fourth-order valence-corrected chi connectivity index (χ4v) is 1.70. The zero-order chi connectivity index (χ0) is 12.1. The van der Waals surface area contributed by atoms with E-state index in [1.165, 1.54) is 0 Å². The summed E-state index contributed by atoms with van der Waals surface area (Å²) in [7, 11) is 0. The summed E-state index contributed by atoms with van der Waals surface area (Å²) in [6.07, 6.45) is 0. The summed E-state index contributed by atoms with van der Waals surface area (Å²) in [6.45, 7) is 4.82. The normalized spacial score (nSPS) is 10.2. The molecule has 0 heterocycles. The van der Waals surface area contributed by atoms with Crippen LogP contribution in [0.15, 0.2) is 18.2 Å². The second kappa shape index (κ2) is 5.75. The molecular weight excluding hydrogens is 226 g/mol. The molecule has 0 aliphatic rings. The van der Waals surface area contributed by atoms with Crippen molar-refractivity contribution < 1.29 is 9.90 Å². The van der Waals surface area contributed by atoms with Crippen LogP contribution >= 0.6 is 11.6 Å². The number of benzene rings is 1. The lowest BCUT2D eigenvalue weighted by Crippen LogP contribution is -2.32. The summed E-state index contributed by atoms with van der Waals surface area (Å²) in [4.78, 5) is 13.6. The van der Waals surface area contributed by atoms with Crippen LogP contribution in [0.25, 0.3) is 0 Å². The van der Waals surface area contributed by atoms with E-state index in [1.54, 1.807) is 17.0 Å². The topological polar surface area (TPSA) is 40.5 Å². The third-order valence-corrected chi connectivity index (χ3v) is 2.58. The number of hydrogen-bond donors (Lipinski definition) is 1. The monoisotopic (exact) mass is 241 g/mol. The molecule has 0 unspecified atom stereocenters. The van der Waals surface area contributed by atoms with Gasteiger partial charge >= 0.3 is 0 Å². The highest BCUT2D eigenvalue weighted by Crippen LogP contribution is 2.20. The van der Waals surface area contributed by atoms with E-state index in [4.69, 9.17) is 11.6 Å². The van der Waals surface area contributed by atoms with Crippen molar-refractivity contribution in [2.75, 3.05) is 19.0 Å². The molecule has 0 fully saturated rings. The smallest absolute Gasteiger partial charge is 0.257 e. The Morgan fingerprint density at radius 3 is 2.69 bits per heavy atom. The fraction of sp³-hybridized carbons (Fsp3) is 0.417. The molecule has 0 saturated heterocycles. The van der Waals surface area contributed by atoms with Crippen LogP contribution in [0, 0.1) is 6.92 Å². The summed E-state index contributed by atoms with van der Waals surface area (Å²) in [5.74, 6) is 0.241. The minimum absolute atomic E-state index is 0.0259. The van der Waals surface area contributed by atoms with Gasteiger partial charge in [-0.05, 0) is 31.5 Å². The van der Waals surface area contributed by atoms with Crippen molar-refractivity contribution in [3.8, 4) is 5.75 Å². The Hall–Kier alpha value is -1.22. The first kappa shape index (κ1) is 12.8. The molecule has 0 radical (unpaired) electrons. The number of nitrogens with zero attached hydrogens (tertiary/aromatic N) is 1. The van der Waals surface area contributed by atoms with Gasteiger partial charge in [0.05, 0.1) is 5.56 Å². The molecule has 0 aliphatic heterocycles. The van der Waals surface area contributed by atoms with Crippen LogP contribution in [0.2, 0.25) is 0 Å². The maximum atomic E-state index is 12.0. The zero-order valence-corrected chi connectivity index (χ0v) is 10.3. The highest BCUT2D eigenvalue weighted by Gasteiger charge is 2.16. The lowest BCUT2D eigenvalue weighted by Gasteiger charge is -2.20. The molecule has 1 N–H and O–H groups in total. The Balaban J connectivity index is 2.94. The first-order valence-corrected chi connectivity index (χ1v) is 5.78. The van der Waals surface area contributed by atoms with Crippen LogP contribution in [0.4, 0.5) is 0 Å². The maximum Gasteiger partial charge on any atom is 0.257 e. The van der Waals surface area contributed by atoms with E-state index in [0.717, 1.165) is 5.56 Å². The van der Waals surface area contributed by atoms with Crippen molar-refractivity contribution in [1.29, 1.82) is 0 Å². The van der Waals surface area contributed by atoms with Crippen molar-refractivity contribution in [2.45, 2.75) is 13.8 Å². The van der Waals surface area contributed by atoms with Crippen LogP contribution in [0.3, 0.4) is 0 Å². The van der Waals surface area contributed by atoms with Crippen molar-refractivity contribution in [2.24, 2.45) is 0 Å². The van der Waals surface area contributed by atoms with Crippen molar-refractivity contribution in [3.05, 3.63) is 29.3 Å². The van der Waals surface area contributed by atoms with Gasteiger partial charge in [-0.15, -0.1) is 11.6 Å².